The van der Waals surface area contributed by atoms with E-state index >= 15 is 0 Å². The maximum Gasteiger partial charge on any atom is 0.251 e. The van der Waals surface area contributed by atoms with Gasteiger partial charge in [0, 0.05) is 38.3 Å². The molecule has 1 aliphatic rings. The van der Waals surface area contributed by atoms with E-state index in [4.69, 9.17) is 0 Å². The van der Waals surface area contributed by atoms with Gasteiger partial charge in [-0.2, -0.15) is 0 Å². The van der Waals surface area contributed by atoms with E-state index in [0.717, 1.165) is 43.9 Å². The second-order valence-corrected chi connectivity index (χ2v) is 7.10. The average molecular weight is 373 g/mol. The van der Waals surface area contributed by atoms with E-state index in [-0.39, 0.29) is 11.6 Å². The highest BCUT2D eigenvalue weighted by molar-refractivity contribution is 5.94. The Morgan fingerprint density at radius 2 is 1.70 bits per heavy atom. The summed E-state index contributed by atoms with van der Waals surface area (Å²) in [7, 11) is 2.10. The van der Waals surface area contributed by atoms with Crippen molar-refractivity contribution < 1.29 is 13.6 Å². The molecule has 27 heavy (non-hydrogen) atoms. The molecule has 0 spiro atoms. The molecular formula is C21H25F2N3O. The van der Waals surface area contributed by atoms with Gasteiger partial charge in [0.15, 0.2) is 11.6 Å². The van der Waals surface area contributed by atoms with Crippen molar-refractivity contribution in [1.29, 1.82) is 0 Å². The molecule has 144 valence electrons. The number of aryl methyl sites for hydroxylation is 1. The van der Waals surface area contributed by atoms with Crippen LogP contribution in [0.25, 0.3) is 0 Å². The molecule has 2 aromatic carbocycles. The number of hydrogen-bond acceptors (Lipinski definition) is 3. The van der Waals surface area contributed by atoms with Crippen molar-refractivity contribution in [2.24, 2.45) is 0 Å². The number of amides is 1. The Bertz CT molecular complexity index is 787. The number of benzene rings is 2. The first-order valence-corrected chi connectivity index (χ1v) is 9.16. The van der Waals surface area contributed by atoms with Crippen molar-refractivity contribution in [3.63, 3.8) is 0 Å². The predicted molar refractivity (Wildman–Crippen MR) is 102 cm³/mol. The molecule has 0 aromatic heterocycles. The van der Waals surface area contributed by atoms with Crippen LogP contribution in [-0.4, -0.2) is 55.5 Å². The molecule has 1 saturated heterocycles. The summed E-state index contributed by atoms with van der Waals surface area (Å²) in [6.07, 6.45) is 0. The smallest absolute Gasteiger partial charge is 0.251 e. The molecule has 1 atom stereocenters. The Morgan fingerprint density at radius 1 is 1.04 bits per heavy atom. The highest BCUT2D eigenvalue weighted by atomic mass is 19.2. The monoisotopic (exact) mass is 373 g/mol. The average Bonchev–Trinajstić information content (AvgIpc) is 2.66. The molecule has 0 bridgehead atoms. The van der Waals surface area contributed by atoms with E-state index in [1.165, 1.54) is 11.6 Å². The molecule has 1 heterocycles. The number of piperazine rings is 1. The van der Waals surface area contributed by atoms with Gasteiger partial charge < -0.3 is 10.2 Å². The summed E-state index contributed by atoms with van der Waals surface area (Å²) in [5, 5.41) is 2.88. The van der Waals surface area contributed by atoms with E-state index in [0.29, 0.717) is 6.54 Å². The van der Waals surface area contributed by atoms with Gasteiger partial charge in [0.2, 0.25) is 0 Å². The summed E-state index contributed by atoms with van der Waals surface area (Å²) in [6, 6.07) is 11.5. The lowest BCUT2D eigenvalue weighted by molar-refractivity contribution is 0.0885. The Kier molecular flexibility index (Phi) is 6.19. The van der Waals surface area contributed by atoms with E-state index in [2.05, 4.69) is 46.4 Å². The largest absolute Gasteiger partial charge is 0.350 e. The zero-order valence-corrected chi connectivity index (χ0v) is 15.7. The number of carbonyl (C=O) groups is 1. The Morgan fingerprint density at radius 3 is 2.33 bits per heavy atom. The minimum atomic E-state index is -1.02. The van der Waals surface area contributed by atoms with E-state index in [1.54, 1.807) is 0 Å². The molecule has 2 aromatic rings. The molecule has 4 nitrogen and oxygen atoms in total. The van der Waals surface area contributed by atoms with Gasteiger partial charge in [-0.05, 0) is 37.7 Å². The van der Waals surface area contributed by atoms with Crippen LogP contribution in [0.5, 0.6) is 0 Å². The summed E-state index contributed by atoms with van der Waals surface area (Å²) in [5.74, 6) is -2.38. The van der Waals surface area contributed by atoms with Gasteiger partial charge in [0.05, 0.1) is 6.04 Å². The van der Waals surface area contributed by atoms with Crippen molar-refractivity contribution >= 4 is 5.91 Å². The lowest BCUT2D eigenvalue weighted by atomic mass is 10.0. The molecule has 1 amide bonds. The van der Waals surface area contributed by atoms with Crippen molar-refractivity contribution in [3.05, 3.63) is 70.8 Å². The second kappa shape index (κ2) is 8.59. The molecule has 0 unspecified atom stereocenters. The Labute approximate surface area is 158 Å². The molecule has 0 saturated carbocycles. The van der Waals surface area contributed by atoms with Crippen molar-refractivity contribution in [2.75, 3.05) is 39.8 Å². The minimum Gasteiger partial charge on any atom is -0.350 e. The summed E-state index contributed by atoms with van der Waals surface area (Å²) in [6.45, 7) is 6.22. The van der Waals surface area contributed by atoms with E-state index < -0.39 is 17.5 Å². The fourth-order valence-corrected chi connectivity index (χ4v) is 3.31. The van der Waals surface area contributed by atoms with Crippen molar-refractivity contribution in [1.82, 2.24) is 15.1 Å². The second-order valence-electron chi connectivity index (χ2n) is 7.10. The number of hydrogen-bond donors (Lipinski definition) is 1. The number of likely N-dealkylation sites (N-methyl/N-ethyl adjacent to an activating group) is 1. The van der Waals surface area contributed by atoms with E-state index in [9.17, 15) is 13.6 Å². The third-order valence-electron chi connectivity index (χ3n) is 5.08. The third-order valence-corrected chi connectivity index (χ3v) is 5.08. The Hall–Kier alpha value is -2.31. The zero-order valence-electron chi connectivity index (χ0n) is 15.7. The van der Waals surface area contributed by atoms with Crippen LogP contribution in [0, 0.1) is 18.6 Å². The lowest BCUT2D eigenvalue weighted by Gasteiger charge is -2.38. The van der Waals surface area contributed by atoms with Gasteiger partial charge in [0.25, 0.3) is 5.91 Å². The van der Waals surface area contributed by atoms with Crippen LogP contribution in [0.1, 0.15) is 27.5 Å². The number of rotatable bonds is 5. The van der Waals surface area contributed by atoms with Crippen LogP contribution >= 0.6 is 0 Å². The fourth-order valence-electron chi connectivity index (χ4n) is 3.31. The SMILES string of the molecule is Cc1ccc([C@@H](CNC(=O)c2ccc(F)c(F)c2)N2CCN(C)CC2)cc1. The van der Waals surface area contributed by atoms with Gasteiger partial charge in [-0.25, -0.2) is 8.78 Å². The van der Waals surface area contributed by atoms with Crippen molar-refractivity contribution in [3.8, 4) is 0 Å². The molecule has 3 rings (SSSR count). The highest BCUT2D eigenvalue weighted by Gasteiger charge is 2.24. The van der Waals surface area contributed by atoms with Gasteiger partial charge >= 0.3 is 0 Å². The topological polar surface area (TPSA) is 35.6 Å². The summed E-state index contributed by atoms with van der Waals surface area (Å²) < 4.78 is 26.5. The van der Waals surface area contributed by atoms with Crippen LogP contribution in [-0.2, 0) is 0 Å². The zero-order chi connectivity index (χ0) is 19.4. The number of nitrogens with zero attached hydrogens (tertiary/aromatic N) is 2. The van der Waals surface area contributed by atoms with Gasteiger partial charge in [-0.15, -0.1) is 0 Å². The van der Waals surface area contributed by atoms with Gasteiger partial charge in [0.1, 0.15) is 0 Å². The van der Waals surface area contributed by atoms with Gasteiger partial charge in [-0.1, -0.05) is 29.8 Å². The maximum atomic E-state index is 13.4. The highest BCUT2D eigenvalue weighted by Crippen LogP contribution is 2.22. The first kappa shape index (κ1) is 19.5. The number of carbonyl (C=O) groups excluding carboxylic acids is 1. The third kappa shape index (κ3) is 4.90. The Balaban J connectivity index is 1.73. The maximum absolute atomic E-state index is 13.4. The summed E-state index contributed by atoms with van der Waals surface area (Å²) in [4.78, 5) is 17.0. The minimum absolute atomic E-state index is 0.0357. The standard InChI is InChI=1S/C21H25F2N3O/c1-15-3-5-16(6-4-15)20(26-11-9-25(2)10-12-26)14-24-21(27)17-7-8-18(22)19(23)13-17/h3-8,13,20H,9-12,14H2,1-2H3,(H,24,27)/t20-/m1/s1. The molecule has 6 heteroatoms. The lowest BCUT2D eigenvalue weighted by Crippen LogP contribution is -2.48. The van der Waals surface area contributed by atoms with Crippen LogP contribution in [0.4, 0.5) is 8.78 Å². The molecule has 1 fully saturated rings. The summed E-state index contributed by atoms with van der Waals surface area (Å²) in [5.41, 5.74) is 2.44. The van der Waals surface area contributed by atoms with Crippen LogP contribution in [0.15, 0.2) is 42.5 Å². The van der Waals surface area contributed by atoms with E-state index in [1.807, 2.05) is 6.92 Å². The fraction of sp³-hybridized carbons (Fsp3) is 0.381. The molecular weight excluding hydrogens is 348 g/mol. The molecule has 1 aliphatic heterocycles. The van der Waals surface area contributed by atoms with Crippen LogP contribution in [0.2, 0.25) is 0 Å². The van der Waals surface area contributed by atoms with Crippen LogP contribution in [0.3, 0.4) is 0 Å². The quantitative estimate of drug-likeness (QED) is 0.875. The normalized spacial score (nSPS) is 16.9. The van der Waals surface area contributed by atoms with Gasteiger partial charge in [-0.3, -0.25) is 9.69 Å². The molecule has 0 radical (unpaired) electrons. The first-order valence-electron chi connectivity index (χ1n) is 9.16. The summed E-state index contributed by atoms with van der Waals surface area (Å²) >= 11 is 0. The first-order chi connectivity index (χ1) is 12.9. The number of nitrogens with one attached hydrogen (secondary N) is 1. The van der Waals surface area contributed by atoms with Crippen molar-refractivity contribution in [2.45, 2.75) is 13.0 Å². The van der Waals surface area contributed by atoms with Crippen LogP contribution < -0.4 is 5.32 Å². The number of halogens is 2. The predicted octanol–water partition coefficient (Wildman–Crippen LogP) is 2.99. The molecule has 0 aliphatic carbocycles. The molecule has 1 N–H and O–H groups in total.